The number of likely N-dealkylation sites (tertiary alicyclic amines) is 1. The molecule has 3 aromatic rings. The third-order valence-electron chi connectivity index (χ3n) is 5.95. The Hall–Kier alpha value is -2.75. The quantitative estimate of drug-likeness (QED) is 0.529. The van der Waals surface area contributed by atoms with E-state index in [-0.39, 0.29) is 46.3 Å². The Bertz CT molecular complexity index is 1260. The second-order valence-electron chi connectivity index (χ2n) is 7.80. The first-order valence-electron chi connectivity index (χ1n) is 9.74. The predicted molar refractivity (Wildman–Crippen MR) is 112 cm³/mol. The largest absolute Gasteiger partial charge is 0.507 e. The van der Waals surface area contributed by atoms with Gasteiger partial charge in [0.1, 0.15) is 28.2 Å². The highest BCUT2D eigenvalue weighted by Crippen LogP contribution is 2.45. The number of rotatable bonds is 3. The lowest BCUT2D eigenvalue weighted by Gasteiger charge is -2.24. The number of phenolic OH excluding ortho intramolecular Hbond substituents is 2. The second-order valence-corrected chi connectivity index (χ2v) is 8.18. The average molecular weight is 470 g/mol. The second kappa shape index (κ2) is 7.99. The van der Waals surface area contributed by atoms with Crippen LogP contribution in [0.3, 0.4) is 0 Å². The minimum atomic E-state index is -4.71. The van der Waals surface area contributed by atoms with Crippen molar-refractivity contribution in [3.63, 3.8) is 0 Å². The number of nitrogens with zero attached hydrogens (tertiary/aromatic N) is 1. The van der Waals surface area contributed by atoms with E-state index in [4.69, 9.17) is 16.0 Å². The van der Waals surface area contributed by atoms with E-state index in [1.165, 1.54) is 6.07 Å². The van der Waals surface area contributed by atoms with E-state index in [9.17, 15) is 33.3 Å². The highest BCUT2D eigenvalue weighted by Gasteiger charge is 2.37. The van der Waals surface area contributed by atoms with Gasteiger partial charge in [-0.3, -0.25) is 4.79 Å². The van der Waals surface area contributed by atoms with Crippen molar-refractivity contribution in [3.05, 3.63) is 56.7 Å². The van der Waals surface area contributed by atoms with E-state index in [0.29, 0.717) is 13.0 Å². The molecule has 2 atom stereocenters. The van der Waals surface area contributed by atoms with E-state index in [1.807, 2.05) is 4.90 Å². The van der Waals surface area contributed by atoms with Crippen molar-refractivity contribution in [2.75, 3.05) is 20.2 Å². The summed E-state index contributed by atoms with van der Waals surface area (Å²) in [4.78, 5) is 14.7. The Labute approximate surface area is 185 Å². The number of phenols is 2. The zero-order valence-corrected chi connectivity index (χ0v) is 17.5. The van der Waals surface area contributed by atoms with Crippen LogP contribution in [0.2, 0.25) is 5.02 Å². The molecule has 0 aliphatic carbocycles. The van der Waals surface area contributed by atoms with E-state index in [2.05, 4.69) is 0 Å². The van der Waals surface area contributed by atoms with E-state index in [0.717, 1.165) is 24.3 Å². The Morgan fingerprint density at radius 3 is 2.59 bits per heavy atom. The number of aliphatic hydroxyl groups excluding tert-OH is 1. The van der Waals surface area contributed by atoms with Gasteiger partial charge in [0, 0.05) is 35.2 Å². The third kappa shape index (κ3) is 3.60. The minimum absolute atomic E-state index is 0.155. The van der Waals surface area contributed by atoms with Gasteiger partial charge in [-0.25, -0.2) is 0 Å². The molecule has 0 spiro atoms. The standard InChI is InChI=1S/C22H19ClF3NO5/c1-27-6-5-10(13(27)9-28)18-14(29)7-15(30)19-16(31)8-17(32-21(18)19)11-3-2-4-12(20(11)23)22(24,25)26/h2-4,7-8,10,13,28-30H,5-6,9H2,1H3/t10-,13+/m1/s1. The van der Waals surface area contributed by atoms with Crippen molar-refractivity contribution in [2.24, 2.45) is 0 Å². The van der Waals surface area contributed by atoms with Gasteiger partial charge in [-0.1, -0.05) is 17.7 Å². The molecule has 2 aromatic carbocycles. The van der Waals surface area contributed by atoms with Gasteiger partial charge in [0.25, 0.3) is 0 Å². The summed E-state index contributed by atoms with van der Waals surface area (Å²) in [6.07, 6.45) is -4.19. The summed E-state index contributed by atoms with van der Waals surface area (Å²) in [7, 11) is 1.80. The van der Waals surface area contributed by atoms with Crippen molar-refractivity contribution in [3.8, 4) is 22.8 Å². The topological polar surface area (TPSA) is 94.1 Å². The molecule has 0 amide bonds. The molecular formula is C22H19ClF3NO5. The molecule has 3 N–H and O–H groups in total. The van der Waals surface area contributed by atoms with Gasteiger partial charge >= 0.3 is 6.18 Å². The van der Waals surface area contributed by atoms with E-state index in [1.54, 1.807) is 7.05 Å². The lowest BCUT2D eigenvalue weighted by atomic mass is 9.89. The van der Waals surface area contributed by atoms with Crippen LogP contribution in [0, 0.1) is 0 Å². The molecule has 1 aromatic heterocycles. The monoisotopic (exact) mass is 469 g/mol. The smallest absolute Gasteiger partial charge is 0.417 e. The highest BCUT2D eigenvalue weighted by molar-refractivity contribution is 6.34. The Balaban J connectivity index is 2.01. The van der Waals surface area contributed by atoms with E-state index >= 15 is 0 Å². The molecule has 4 rings (SSSR count). The van der Waals surface area contributed by atoms with Gasteiger partial charge in [-0.05, 0) is 32.1 Å². The van der Waals surface area contributed by atoms with Gasteiger partial charge in [-0.2, -0.15) is 13.2 Å². The number of hydrogen-bond donors (Lipinski definition) is 3. The van der Waals surface area contributed by atoms with Gasteiger partial charge in [0.05, 0.1) is 17.2 Å². The first-order valence-corrected chi connectivity index (χ1v) is 10.1. The normalized spacial score (nSPS) is 19.7. The zero-order valence-electron chi connectivity index (χ0n) is 16.8. The summed E-state index contributed by atoms with van der Waals surface area (Å²) in [6, 6.07) is 4.83. The summed E-state index contributed by atoms with van der Waals surface area (Å²) >= 11 is 6.01. The number of fused-ring (bicyclic) bond motifs is 1. The number of benzene rings is 2. The van der Waals surface area contributed by atoms with Crippen LogP contribution >= 0.6 is 11.6 Å². The van der Waals surface area contributed by atoms with Crippen LogP contribution in [0.25, 0.3) is 22.3 Å². The van der Waals surface area contributed by atoms with Crippen LogP contribution in [-0.4, -0.2) is 46.5 Å². The maximum absolute atomic E-state index is 13.3. The number of aromatic hydroxyl groups is 2. The lowest BCUT2D eigenvalue weighted by molar-refractivity contribution is -0.137. The van der Waals surface area contributed by atoms with E-state index < -0.39 is 33.9 Å². The lowest BCUT2D eigenvalue weighted by Crippen LogP contribution is -2.32. The molecule has 10 heteroatoms. The number of alkyl halides is 3. The number of aliphatic hydroxyl groups is 1. The zero-order chi connectivity index (χ0) is 23.4. The minimum Gasteiger partial charge on any atom is -0.507 e. The molecule has 170 valence electrons. The van der Waals surface area contributed by atoms with Crippen molar-refractivity contribution in [2.45, 2.75) is 24.6 Å². The molecule has 0 bridgehead atoms. The molecule has 6 nitrogen and oxygen atoms in total. The Kier molecular flexibility index (Phi) is 5.60. The molecule has 1 saturated heterocycles. The maximum Gasteiger partial charge on any atom is 0.417 e. The Morgan fingerprint density at radius 1 is 1.22 bits per heavy atom. The van der Waals surface area contributed by atoms with Crippen LogP contribution < -0.4 is 5.43 Å². The average Bonchev–Trinajstić information content (AvgIpc) is 3.06. The summed E-state index contributed by atoms with van der Waals surface area (Å²) in [5.41, 5.74) is -1.91. The van der Waals surface area contributed by atoms with Crippen molar-refractivity contribution in [1.82, 2.24) is 4.90 Å². The molecule has 0 radical (unpaired) electrons. The van der Waals surface area contributed by atoms with Crippen LogP contribution in [0.15, 0.2) is 39.5 Å². The molecule has 32 heavy (non-hydrogen) atoms. The van der Waals surface area contributed by atoms with Crippen LogP contribution in [0.5, 0.6) is 11.5 Å². The molecule has 1 fully saturated rings. The third-order valence-corrected chi connectivity index (χ3v) is 6.36. The predicted octanol–water partition coefficient (Wildman–Crippen LogP) is 4.32. The molecule has 0 saturated carbocycles. The number of halogens is 4. The van der Waals surface area contributed by atoms with Gasteiger partial charge < -0.3 is 24.6 Å². The molecule has 1 aliphatic rings. The fraction of sp³-hybridized carbons (Fsp3) is 0.318. The summed E-state index contributed by atoms with van der Waals surface area (Å²) in [5, 5.41) is 29.9. The maximum atomic E-state index is 13.3. The SMILES string of the molecule is CN1CC[C@@H](c2c(O)cc(O)c3c(=O)cc(-c4cccc(C(F)(F)F)c4Cl)oc23)[C@@H]1CO. The summed E-state index contributed by atoms with van der Waals surface area (Å²) < 4.78 is 45.7. The fourth-order valence-corrected chi connectivity index (χ4v) is 4.69. The van der Waals surface area contributed by atoms with Gasteiger partial charge in [0.2, 0.25) is 0 Å². The van der Waals surface area contributed by atoms with Crippen LogP contribution in [0.1, 0.15) is 23.5 Å². The first-order chi connectivity index (χ1) is 15.0. The first kappa shape index (κ1) is 22.4. The van der Waals surface area contributed by atoms with Crippen molar-refractivity contribution < 1.29 is 32.9 Å². The van der Waals surface area contributed by atoms with Gasteiger partial charge in [0.15, 0.2) is 5.43 Å². The van der Waals surface area contributed by atoms with Gasteiger partial charge in [-0.15, -0.1) is 0 Å². The van der Waals surface area contributed by atoms with Crippen LogP contribution in [-0.2, 0) is 6.18 Å². The number of hydrogen-bond acceptors (Lipinski definition) is 6. The molecule has 1 aliphatic heterocycles. The van der Waals surface area contributed by atoms with Crippen molar-refractivity contribution >= 4 is 22.6 Å². The molecular weight excluding hydrogens is 451 g/mol. The Morgan fingerprint density at radius 2 is 1.94 bits per heavy atom. The molecule has 0 unspecified atom stereocenters. The summed E-state index contributed by atoms with van der Waals surface area (Å²) in [5.74, 6) is -1.55. The fourth-order valence-electron chi connectivity index (χ4n) is 4.37. The highest BCUT2D eigenvalue weighted by atomic mass is 35.5. The summed E-state index contributed by atoms with van der Waals surface area (Å²) in [6.45, 7) is 0.368. The van der Waals surface area contributed by atoms with Crippen molar-refractivity contribution in [1.29, 1.82) is 0 Å². The molecule has 2 heterocycles. The number of likely N-dealkylation sites (N-methyl/N-ethyl adjacent to an activating group) is 1. The van der Waals surface area contributed by atoms with Crippen LogP contribution in [0.4, 0.5) is 13.2 Å².